The van der Waals surface area contributed by atoms with E-state index < -0.39 is 5.60 Å². The Morgan fingerprint density at radius 2 is 2.17 bits per heavy atom. The van der Waals surface area contributed by atoms with Crippen LogP contribution in [0, 0.1) is 0 Å². The zero-order chi connectivity index (χ0) is 9.24. The fourth-order valence-electron chi connectivity index (χ4n) is 2.24. The minimum Gasteiger partial charge on any atom is -0.390 e. The van der Waals surface area contributed by atoms with Crippen molar-refractivity contribution in [2.45, 2.75) is 50.7 Å². The molecule has 1 fully saturated rings. The van der Waals surface area contributed by atoms with E-state index in [0.717, 1.165) is 12.8 Å². The molecule has 0 aromatic heterocycles. The number of aliphatic imine (C=N–C) groups is 1. The topological polar surface area (TPSA) is 49.7 Å². The average molecular weight is 169 g/mol. The third-order valence-corrected chi connectivity index (χ3v) is 2.42. The lowest BCUT2D eigenvalue weighted by molar-refractivity contribution is -0.0727. The Labute approximate surface area is 72.5 Å². The van der Waals surface area contributed by atoms with Gasteiger partial charge in [-0.15, -0.1) is 0 Å². The monoisotopic (exact) mass is 169 g/mol. The number of carbonyl (C=O) groups excluding carboxylic acids is 1. The highest BCUT2D eigenvalue weighted by Gasteiger charge is 2.50. The summed E-state index contributed by atoms with van der Waals surface area (Å²) in [6.07, 6.45) is 4.66. The van der Waals surface area contributed by atoms with E-state index in [1.54, 1.807) is 13.0 Å². The van der Waals surface area contributed by atoms with Crippen LogP contribution in [0.1, 0.15) is 39.5 Å². The summed E-state index contributed by atoms with van der Waals surface area (Å²) in [6, 6.07) is 0. The molecule has 1 rings (SSSR count). The molecule has 0 saturated heterocycles. The third-order valence-electron chi connectivity index (χ3n) is 2.42. The molecule has 0 aliphatic heterocycles. The predicted molar refractivity (Wildman–Crippen MR) is 45.6 cm³/mol. The Bertz CT molecular complexity index is 209. The summed E-state index contributed by atoms with van der Waals surface area (Å²) in [6.45, 7) is 3.83. The van der Waals surface area contributed by atoms with Gasteiger partial charge >= 0.3 is 0 Å². The Hall–Kier alpha value is -0.660. The van der Waals surface area contributed by atoms with E-state index in [2.05, 4.69) is 11.9 Å². The maximum Gasteiger partial charge on any atom is 0.235 e. The normalized spacial score (nSPS) is 39.9. The summed E-state index contributed by atoms with van der Waals surface area (Å²) < 4.78 is 0. The first kappa shape index (κ1) is 9.43. The Morgan fingerprint density at radius 3 is 2.50 bits per heavy atom. The van der Waals surface area contributed by atoms with E-state index >= 15 is 0 Å². The van der Waals surface area contributed by atoms with Crippen LogP contribution in [0.3, 0.4) is 0 Å². The molecule has 68 valence electrons. The van der Waals surface area contributed by atoms with Gasteiger partial charge in [0, 0.05) is 12.8 Å². The number of hydrogen-bond donors (Lipinski definition) is 1. The lowest BCUT2D eigenvalue weighted by atomic mass is 9.64. The van der Waals surface area contributed by atoms with Gasteiger partial charge in [-0.05, 0) is 13.3 Å². The number of rotatable bonds is 3. The highest BCUT2D eigenvalue weighted by atomic mass is 16.3. The quantitative estimate of drug-likeness (QED) is 0.513. The average Bonchev–Trinajstić information content (AvgIpc) is 1.83. The van der Waals surface area contributed by atoms with Crippen LogP contribution < -0.4 is 0 Å². The van der Waals surface area contributed by atoms with E-state index in [9.17, 15) is 9.90 Å². The smallest absolute Gasteiger partial charge is 0.235 e. The summed E-state index contributed by atoms with van der Waals surface area (Å²) in [5, 5.41) is 9.51. The maximum atomic E-state index is 10.1. The molecule has 0 unspecified atom stereocenters. The Kier molecular flexibility index (Phi) is 2.36. The Morgan fingerprint density at radius 1 is 1.58 bits per heavy atom. The molecule has 0 radical (unpaired) electrons. The van der Waals surface area contributed by atoms with Crippen LogP contribution >= 0.6 is 0 Å². The SMILES string of the molecule is CCCC1(N=C=O)CC(C)(O)C1. The highest BCUT2D eigenvalue weighted by Crippen LogP contribution is 2.46. The molecular weight excluding hydrogens is 154 g/mol. The van der Waals surface area contributed by atoms with Crippen LogP contribution in [0.4, 0.5) is 0 Å². The number of hydrogen-bond acceptors (Lipinski definition) is 3. The van der Waals surface area contributed by atoms with Crippen LogP contribution in [0.2, 0.25) is 0 Å². The second-order valence-corrected chi connectivity index (χ2v) is 4.03. The molecule has 0 bridgehead atoms. The standard InChI is InChI=1S/C9H15NO2/c1-3-4-9(10-7-11)5-8(2,12)6-9/h12H,3-6H2,1-2H3. The second kappa shape index (κ2) is 3.00. The molecular formula is C9H15NO2. The first-order chi connectivity index (χ1) is 5.54. The molecule has 12 heavy (non-hydrogen) atoms. The summed E-state index contributed by atoms with van der Waals surface area (Å²) in [5.41, 5.74) is -0.907. The van der Waals surface area contributed by atoms with Crippen molar-refractivity contribution in [3.63, 3.8) is 0 Å². The number of nitrogens with zero attached hydrogens (tertiary/aromatic N) is 1. The van der Waals surface area contributed by atoms with Crippen molar-refractivity contribution in [3.8, 4) is 0 Å². The summed E-state index contributed by atoms with van der Waals surface area (Å²) in [7, 11) is 0. The zero-order valence-corrected chi connectivity index (χ0v) is 7.63. The minimum absolute atomic E-state index is 0.292. The van der Waals surface area contributed by atoms with Gasteiger partial charge in [0.15, 0.2) is 0 Å². The second-order valence-electron chi connectivity index (χ2n) is 4.03. The molecule has 1 saturated carbocycles. The largest absolute Gasteiger partial charge is 0.390 e. The minimum atomic E-state index is -0.616. The van der Waals surface area contributed by atoms with Crippen LogP contribution in [0.15, 0.2) is 4.99 Å². The summed E-state index contributed by atoms with van der Waals surface area (Å²) in [4.78, 5) is 13.9. The molecule has 0 heterocycles. The van der Waals surface area contributed by atoms with Gasteiger partial charge < -0.3 is 5.11 Å². The van der Waals surface area contributed by atoms with Gasteiger partial charge in [-0.1, -0.05) is 13.3 Å². The Balaban J connectivity index is 2.61. The molecule has 3 heteroatoms. The lowest BCUT2D eigenvalue weighted by Crippen LogP contribution is -2.53. The van der Waals surface area contributed by atoms with Crippen LogP contribution in [-0.4, -0.2) is 22.3 Å². The van der Waals surface area contributed by atoms with Crippen LogP contribution in [-0.2, 0) is 4.79 Å². The van der Waals surface area contributed by atoms with Crippen molar-refractivity contribution < 1.29 is 9.90 Å². The molecule has 0 atom stereocenters. The van der Waals surface area contributed by atoms with Crippen molar-refractivity contribution in [2.75, 3.05) is 0 Å². The van der Waals surface area contributed by atoms with Crippen molar-refractivity contribution in [1.29, 1.82) is 0 Å². The molecule has 3 nitrogen and oxygen atoms in total. The molecule has 1 aliphatic rings. The lowest BCUT2D eigenvalue weighted by Gasteiger charge is -2.48. The van der Waals surface area contributed by atoms with Crippen molar-refractivity contribution in [1.82, 2.24) is 0 Å². The molecule has 1 N–H and O–H groups in total. The zero-order valence-electron chi connectivity index (χ0n) is 7.63. The first-order valence-corrected chi connectivity index (χ1v) is 4.35. The molecule has 1 aliphatic carbocycles. The third kappa shape index (κ3) is 1.74. The fraction of sp³-hybridized carbons (Fsp3) is 0.889. The van der Waals surface area contributed by atoms with Crippen molar-refractivity contribution >= 4 is 6.08 Å². The molecule has 0 aromatic carbocycles. The van der Waals surface area contributed by atoms with Crippen molar-refractivity contribution in [3.05, 3.63) is 0 Å². The van der Waals surface area contributed by atoms with Crippen LogP contribution in [0.5, 0.6) is 0 Å². The van der Waals surface area contributed by atoms with Gasteiger partial charge in [-0.2, -0.15) is 4.99 Å². The van der Waals surface area contributed by atoms with Gasteiger partial charge in [-0.3, -0.25) is 0 Å². The predicted octanol–water partition coefficient (Wildman–Crippen LogP) is 1.41. The summed E-state index contributed by atoms with van der Waals surface area (Å²) >= 11 is 0. The first-order valence-electron chi connectivity index (χ1n) is 4.35. The number of isocyanates is 1. The summed E-state index contributed by atoms with van der Waals surface area (Å²) in [5.74, 6) is 0. The van der Waals surface area contributed by atoms with Gasteiger partial charge in [0.1, 0.15) is 0 Å². The maximum absolute atomic E-state index is 10.1. The van der Waals surface area contributed by atoms with E-state index in [1.165, 1.54) is 0 Å². The van der Waals surface area contributed by atoms with E-state index in [1.807, 2.05) is 0 Å². The van der Waals surface area contributed by atoms with Crippen molar-refractivity contribution in [2.24, 2.45) is 4.99 Å². The highest BCUT2D eigenvalue weighted by molar-refractivity contribution is 5.36. The van der Waals surface area contributed by atoms with E-state index in [0.29, 0.717) is 12.8 Å². The molecule has 0 amide bonds. The van der Waals surface area contributed by atoms with E-state index in [4.69, 9.17) is 0 Å². The van der Waals surface area contributed by atoms with Gasteiger partial charge in [0.25, 0.3) is 0 Å². The van der Waals surface area contributed by atoms with Gasteiger partial charge in [-0.25, -0.2) is 4.79 Å². The van der Waals surface area contributed by atoms with Gasteiger partial charge in [0.05, 0.1) is 11.1 Å². The van der Waals surface area contributed by atoms with Crippen LogP contribution in [0.25, 0.3) is 0 Å². The number of aliphatic hydroxyl groups is 1. The fourth-order valence-corrected chi connectivity index (χ4v) is 2.24. The molecule has 0 spiro atoms. The molecule has 0 aromatic rings. The van der Waals surface area contributed by atoms with E-state index in [-0.39, 0.29) is 5.54 Å². The van der Waals surface area contributed by atoms with Gasteiger partial charge in [0.2, 0.25) is 6.08 Å².